The highest BCUT2D eigenvalue weighted by Crippen LogP contribution is 2.26. The lowest BCUT2D eigenvalue weighted by Gasteiger charge is -2.09. The van der Waals surface area contributed by atoms with E-state index >= 15 is 0 Å². The van der Waals surface area contributed by atoms with Crippen LogP contribution in [0.15, 0.2) is 36.7 Å². The van der Waals surface area contributed by atoms with E-state index in [9.17, 15) is 4.79 Å². The van der Waals surface area contributed by atoms with Crippen LogP contribution in [0.5, 0.6) is 0 Å². The molecule has 0 amide bonds. The van der Waals surface area contributed by atoms with Gasteiger partial charge in [0, 0.05) is 28.1 Å². The van der Waals surface area contributed by atoms with Crippen molar-refractivity contribution in [1.82, 2.24) is 4.98 Å². The maximum atomic E-state index is 11.0. The molecule has 0 unspecified atom stereocenters. The number of carbonyl (C=O) groups is 1. The zero-order valence-corrected chi connectivity index (χ0v) is 10.5. The Balaban J connectivity index is 2.37. The Bertz CT molecular complexity index is 582. The van der Waals surface area contributed by atoms with Crippen molar-refractivity contribution in [2.45, 2.75) is 0 Å². The van der Waals surface area contributed by atoms with Gasteiger partial charge in [-0.15, -0.1) is 0 Å². The molecule has 0 saturated heterocycles. The minimum atomic E-state index is -1.06. The molecule has 2 aromatic rings. The second-order valence-electron chi connectivity index (χ2n) is 3.51. The largest absolute Gasteiger partial charge is 0.478 e. The van der Waals surface area contributed by atoms with E-state index in [2.05, 4.69) is 10.3 Å². The Morgan fingerprint density at radius 3 is 2.50 bits per heavy atom. The van der Waals surface area contributed by atoms with E-state index < -0.39 is 5.97 Å². The Kier molecular flexibility index (Phi) is 3.69. The van der Waals surface area contributed by atoms with E-state index in [0.717, 1.165) is 0 Å². The van der Waals surface area contributed by atoms with Crippen molar-refractivity contribution in [3.8, 4) is 0 Å². The van der Waals surface area contributed by atoms with E-state index in [4.69, 9.17) is 28.3 Å². The van der Waals surface area contributed by atoms with Gasteiger partial charge in [-0.2, -0.15) is 0 Å². The van der Waals surface area contributed by atoms with Crippen LogP contribution in [-0.2, 0) is 0 Å². The first-order valence-corrected chi connectivity index (χ1v) is 5.72. The number of nitrogens with one attached hydrogen (secondary N) is 1. The molecular formula is C12H8Cl2N2O2. The second-order valence-corrected chi connectivity index (χ2v) is 4.38. The SMILES string of the molecule is O=C(O)c1cnccc1Nc1cc(Cl)cc(Cl)c1. The maximum absolute atomic E-state index is 11.0. The van der Waals surface area contributed by atoms with Crippen LogP contribution in [0.3, 0.4) is 0 Å². The molecule has 4 nitrogen and oxygen atoms in total. The topological polar surface area (TPSA) is 62.2 Å². The van der Waals surface area contributed by atoms with E-state index in [1.807, 2.05) is 0 Å². The number of hydrogen-bond acceptors (Lipinski definition) is 3. The first-order chi connectivity index (χ1) is 8.56. The zero-order valence-electron chi connectivity index (χ0n) is 9.02. The molecule has 0 aliphatic heterocycles. The van der Waals surface area contributed by atoms with Crippen LogP contribution in [0.1, 0.15) is 10.4 Å². The Labute approximate surface area is 113 Å². The van der Waals surface area contributed by atoms with Gasteiger partial charge < -0.3 is 10.4 Å². The first kappa shape index (κ1) is 12.7. The number of hydrogen-bond donors (Lipinski definition) is 2. The van der Waals surface area contributed by atoms with Crippen molar-refractivity contribution in [2.24, 2.45) is 0 Å². The van der Waals surface area contributed by atoms with Gasteiger partial charge in [0.15, 0.2) is 0 Å². The van der Waals surface area contributed by atoms with E-state index in [1.165, 1.54) is 12.4 Å². The van der Waals surface area contributed by atoms with Gasteiger partial charge >= 0.3 is 5.97 Å². The average Bonchev–Trinajstić information content (AvgIpc) is 2.27. The number of aromatic nitrogens is 1. The quantitative estimate of drug-likeness (QED) is 0.898. The number of rotatable bonds is 3. The van der Waals surface area contributed by atoms with Gasteiger partial charge in [-0.3, -0.25) is 4.98 Å². The number of aromatic carboxylic acids is 1. The van der Waals surface area contributed by atoms with Crippen LogP contribution in [-0.4, -0.2) is 16.1 Å². The van der Waals surface area contributed by atoms with Crippen LogP contribution in [0, 0.1) is 0 Å². The molecule has 0 aliphatic rings. The Hall–Kier alpha value is -1.78. The van der Waals surface area contributed by atoms with Gasteiger partial charge in [0.2, 0.25) is 0 Å². The summed E-state index contributed by atoms with van der Waals surface area (Å²) in [7, 11) is 0. The van der Waals surface area contributed by atoms with Crippen LogP contribution < -0.4 is 5.32 Å². The average molecular weight is 283 g/mol. The van der Waals surface area contributed by atoms with E-state index in [1.54, 1.807) is 24.3 Å². The van der Waals surface area contributed by atoms with E-state index in [0.29, 0.717) is 21.4 Å². The summed E-state index contributed by atoms with van der Waals surface area (Å²) in [5.74, 6) is -1.06. The maximum Gasteiger partial charge on any atom is 0.339 e. The molecule has 92 valence electrons. The molecule has 0 saturated carbocycles. The molecule has 1 aromatic carbocycles. The Morgan fingerprint density at radius 2 is 1.89 bits per heavy atom. The smallest absolute Gasteiger partial charge is 0.339 e. The molecule has 0 aliphatic carbocycles. The summed E-state index contributed by atoms with van der Waals surface area (Å²) in [5, 5.41) is 12.9. The Morgan fingerprint density at radius 1 is 1.22 bits per heavy atom. The summed E-state index contributed by atoms with van der Waals surface area (Å²) in [4.78, 5) is 14.8. The highest BCUT2D eigenvalue weighted by Gasteiger charge is 2.10. The molecule has 1 aromatic heterocycles. The lowest BCUT2D eigenvalue weighted by Crippen LogP contribution is -2.03. The molecule has 1 heterocycles. The summed E-state index contributed by atoms with van der Waals surface area (Å²) >= 11 is 11.7. The van der Waals surface area contributed by atoms with Crippen LogP contribution >= 0.6 is 23.2 Å². The lowest BCUT2D eigenvalue weighted by atomic mass is 10.2. The van der Waals surface area contributed by atoms with Crippen molar-refractivity contribution in [3.05, 3.63) is 52.3 Å². The van der Waals surface area contributed by atoms with E-state index in [-0.39, 0.29) is 5.56 Å². The number of pyridine rings is 1. The highest BCUT2D eigenvalue weighted by atomic mass is 35.5. The van der Waals surface area contributed by atoms with Gasteiger partial charge in [0.05, 0.1) is 5.69 Å². The predicted octanol–water partition coefficient (Wildman–Crippen LogP) is 3.83. The highest BCUT2D eigenvalue weighted by molar-refractivity contribution is 6.35. The molecule has 2 N–H and O–H groups in total. The molecule has 0 radical (unpaired) electrons. The molecule has 0 atom stereocenters. The van der Waals surface area contributed by atoms with Gasteiger partial charge in [-0.05, 0) is 24.3 Å². The van der Waals surface area contributed by atoms with Crippen molar-refractivity contribution in [3.63, 3.8) is 0 Å². The molecule has 18 heavy (non-hydrogen) atoms. The molecule has 0 spiro atoms. The summed E-state index contributed by atoms with van der Waals surface area (Å²) in [5.41, 5.74) is 1.12. The van der Waals surface area contributed by atoms with Crippen molar-refractivity contribution in [1.29, 1.82) is 0 Å². The van der Waals surface area contributed by atoms with Crippen molar-refractivity contribution >= 4 is 40.5 Å². The molecular weight excluding hydrogens is 275 g/mol. The van der Waals surface area contributed by atoms with Crippen molar-refractivity contribution in [2.75, 3.05) is 5.32 Å². The number of anilines is 2. The third-order valence-corrected chi connectivity index (χ3v) is 2.63. The standard InChI is InChI=1S/C12H8Cl2N2O2/c13-7-3-8(14)5-9(4-7)16-11-1-2-15-6-10(11)12(17)18/h1-6H,(H,15,16)(H,17,18). The summed E-state index contributed by atoms with van der Waals surface area (Å²) in [6.07, 6.45) is 2.78. The van der Waals surface area contributed by atoms with Crippen LogP contribution in [0.2, 0.25) is 10.0 Å². The van der Waals surface area contributed by atoms with Crippen molar-refractivity contribution < 1.29 is 9.90 Å². The first-order valence-electron chi connectivity index (χ1n) is 4.96. The number of halogens is 2. The fraction of sp³-hybridized carbons (Fsp3) is 0. The lowest BCUT2D eigenvalue weighted by molar-refractivity contribution is 0.0697. The molecule has 0 fully saturated rings. The van der Waals surface area contributed by atoms with Crippen LogP contribution in [0.25, 0.3) is 0 Å². The van der Waals surface area contributed by atoms with Gasteiger partial charge in [0.1, 0.15) is 5.56 Å². The number of carboxylic acids is 1. The predicted molar refractivity (Wildman–Crippen MR) is 70.9 cm³/mol. The monoisotopic (exact) mass is 282 g/mol. The molecule has 0 bridgehead atoms. The normalized spacial score (nSPS) is 10.1. The van der Waals surface area contributed by atoms with Crippen LogP contribution in [0.4, 0.5) is 11.4 Å². The van der Waals surface area contributed by atoms with Gasteiger partial charge in [0.25, 0.3) is 0 Å². The number of carboxylic acid groups (broad SMARTS) is 1. The number of benzene rings is 1. The molecule has 6 heteroatoms. The summed E-state index contributed by atoms with van der Waals surface area (Å²) in [6, 6.07) is 6.47. The minimum Gasteiger partial charge on any atom is -0.478 e. The van der Waals surface area contributed by atoms with Gasteiger partial charge in [-0.25, -0.2) is 4.79 Å². The number of nitrogens with zero attached hydrogens (tertiary/aromatic N) is 1. The second kappa shape index (κ2) is 5.25. The third-order valence-electron chi connectivity index (χ3n) is 2.19. The minimum absolute atomic E-state index is 0.0774. The fourth-order valence-corrected chi connectivity index (χ4v) is 1.98. The third kappa shape index (κ3) is 2.91. The fourth-order valence-electron chi connectivity index (χ4n) is 1.46. The summed E-state index contributed by atoms with van der Waals surface area (Å²) < 4.78 is 0. The van der Waals surface area contributed by atoms with Gasteiger partial charge in [-0.1, -0.05) is 23.2 Å². The summed E-state index contributed by atoms with van der Waals surface area (Å²) in [6.45, 7) is 0. The molecule has 2 rings (SSSR count). The zero-order chi connectivity index (χ0) is 13.1.